The molecule has 4 heteroatoms. The molecule has 0 atom stereocenters. The predicted molar refractivity (Wildman–Crippen MR) is 47.4 cm³/mol. The molecule has 4 nitrogen and oxygen atoms in total. The predicted octanol–water partition coefficient (Wildman–Crippen LogP) is 1.39. The first-order valence-corrected chi connectivity index (χ1v) is 4.60. The van der Waals surface area contributed by atoms with E-state index in [-0.39, 0.29) is 0 Å². The van der Waals surface area contributed by atoms with Crippen molar-refractivity contribution in [1.82, 2.24) is 19.6 Å². The van der Waals surface area contributed by atoms with Crippen LogP contribution in [0.25, 0.3) is 5.78 Å². The average Bonchev–Trinajstić information content (AvgIpc) is 2.49. The van der Waals surface area contributed by atoms with Gasteiger partial charge in [-0.2, -0.15) is 0 Å². The van der Waals surface area contributed by atoms with E-state index in [1.165, 1.54) is 25.0 Å². The first-order chi connectivity index (χ1) is 6.45. The first kappa shape index (κ1) is 7.00. The van der Waals surface area contributed by atoms with Crippen molar-refractivity contribution in [2.75, 3.05) is 0 Å². The lowest BCUT2D eigenvalue weighted by atomic mass is 9.83. The molecule has 0 amide bonds. The second-order valence-corrected chi connectivity index (χ2v) is 3.50. The normalized spacial score (nSPS) is 17.5. The second-order valence-electron chi connectivity index (χ2n) is 3.50. The Bertz CT molecular complexity index is 430. The Hall–Kier alpha value is -1.45. The lowest BCUT2D eigenvalue weighted by molar-refractivity contribution is 0.407. The lowest BCUT2D eigenvalue weighted by Crippen LogP contribution is -2.12. The van der Waals surface area contributed by atoms with Crippen LogP contribution in [-0.2, 0) is 0 Å². The van der Waals surface area contributed by atoms with Gasteiger partial charge >= 0.3 is 0 Å². The molecule has 0 saturated heterocycles. The number of aromatic nitrogens is 4. The zero-order valence-corrected chi connectivity index (χ0v) is 7.22. The van der Waals surface area contributed by atoms with Crippen LogP contribution in [0, 0.1) is 0 Å². The topological polar surface area (TPSA) is 43.1 Å². The summed E-state index contributed by atoms with van der Waals surface area (Å²) in [6.07, 6.45) is 7.48. The van der Waals surface area contributed by atoms with Crippen LogP contribution in [0.4, 0.5) is 0 Å². The van der Waals surface area contributed by atoms with Crippen LogP contribution in [0.1, 0.15) is 30.9 Å². The number of hydrogen-bond donors (Lipinski definition) is 0. The van der Waals surface area contributed by atoms with E-state index in [0.717, 1.165) is 0 Å². The minimum absolute atomic E-state index is 0.696. The molecule has 0 aromatic carbocycles. The van der Waals surface area contributed by atoms with Crippen LogP contribution in [0.2, 0.25) is 0 Å². The van der Waals surface area contributed by atoms with Crippen molar-refractivity contribution in [3.8, 4) is 0 Å². The molecule has 0 unspecified atom stereocenters. The molecule has 2 aromatic heterocycles. The molecule has 3 rings (SSSR count). The first-order valence-electron chi connectivity index (χ1n) is 4.60. The van der Waals surface area contributed by atoms with Gasteiger partial charge in [0.2, 0.25) is 0 Å². The van der Waals surface area contributed by atoms with Gasteiger partial charge in [-0.15, -0.1) is 10.2 Å². The molecule has 0 bridgehead atoms. The fourth-order valence-corrected chi connectivity index (χ4v) is 1.80. The van der Waals surface area contributed by atoms with Gasteiger partial charge in [-0.25, -0.2) is 4.98 Å². The molecule has 0 aliphatic heterocycles. The number of fused-ring (bicyclic) bond motifs is 1. The summed E-state index contributed by atoms with van der Waals surface area (Å²) in [5.41, 5.74) is 1.31. The van der Waals surface area contributed by atoms with Gasteiger partial charge in [0.05, 0.1) is 0 Å². The maximum atomic E-state index is 4.13. The van der Waals surface area contributed by atoms with E-state index in [4.69, 9.17) is 0 Å². The van der Waals surface area contributed by atoms with E-state index in [1.54, 1.807) is 6.33 Å². The molecule has 1 aliphatic carbocycles. The standard InChI is InChI=1S/C9H10N4/c1-2-7(3-1)8-4-5-10-9-12-11-6-13(8)9/h4-7H,1-3H2. The average molecular weight is 174 g/mol. The third-order valence-electron chi connectivity index (χ3n) is 2.77. The maximum Gasteiger partial charge on any atom is 0.254 e. The van der Waals surface area contributed by atoms with Crippen LogP contribution in [0.3, 0.4) is 0 Å². The van der Waals surface area contributed by atoms with Crippen molar-refractivity contribution < 1.29 is 0 Å². The van der Waals surface area contributed by atoms with Gasteiger partial charge in [-0.3, -0.25) is 4.40 Å². The molecular formula is C9H10N4. The molecule has 1 saturated carbocycles. The third-order valence-corrected chi connectivity index (χ3v) is 2.77. The van der Waals surface area contributed by atoms with E-state index < -0.39 is 0 Å². The summed E-state index contributed by atoms with van der Waals surface area (Å²) in [5, 5.41) is 7.78. The number of nitrogens with zero attached hydrogens (tertiary/aromatic N) is 4. The van der Waals surface area contributed by atoms with E-state index in [2.05, 4.69) is 21.2 Å². The van der Waals surface area contributed by atoms with Crippen molar-refractivity contribution in [2.24, 2.45) is 0 Å². The van der Waals surface area contributed by atoms with E-state index in [9.17, 15) is 0 Å². The molecule has 0 radical (unpaired) electrons. The van der Waals surface area contributed by atoms with Gasteiger partial charge in [0, 0.05) is 11.9 Å². The Balaban J connectivity index is 2.20. The molecule has 1 aliphatic rings. The smallest absolute Gasteiger partial charge is 0.254 e. The molecule has 13 heavy (non-hydrogen) atoms. The van der Waals surface area contributed by atoms with Crippen LogP contribution in [0.15, 0.2) is 18.6 Å². The fourth-order valence-electron chi connectivity index (χ4n) is 1.80. The van der Waals surface area contributed by atoms with Crippen LogP contribution >= 0.6 is 0 Å². The Kier molecular flexibility index (Phi) is 1.36. The highest BCUT2D eigenvalue weighted by Gasteiger charge is 2.21. The highest BCUT2D eigenvalue weighted by Crippen LogP contribution is 2.35. The van der Waals surface area contributed by atoms with E-state index in [0.29, 0.717) is 11.7 Å². The number of hydrogen-bond acceptors (Lipinski definition) is 3. The summed E-state index contributed by atoms with van der Waals surface area (Å²) in [6.45, 7) is 0. The van der Waals surface area contributed by atoms with Crippen molar-refractivity contribution in [3.05, 3.63) is 24.3 Å². The summed E-state index contributed by atoms with van der Waals surface area (Å²) in [4.78, 5) is 4.13. The molecule has 1 fully saturated rings. The third kappa shape index (κ3) is 0.946. The summed E-state index contributed by atoms with van der Waals surface area (Å²) in [6, 6.07) is 2.07. The molecule has 2 heterocycles. The zero-order chi connectivity index (χ0) is 8.67. The Morgan fingerprint density at radius 2 is 2.31 bits per heavy atom. The number of rotatable bonds is 1. The van der Waals surface area contributed by atoms with Gasteiger partial charge in [-0.05, 0) is 24.8 Å². The fraction of sp³-hybridized carbons (Fsp3) is 0.444. The van der Waals surface area contributed by atoms with Gasteiger partial charge < -0.3 is 0 Å². The second kappa shape index (κ2) is 2.52. The molecule has 0 N–H and O–H groups in total. The monoisotopic (exact) mass is 174 g/mol. The van der Waals surface area contributed by atoms with Crippen molar-refractivity contribution >= 4 is 5.78 Å². The minimum atomic E-state index is 0.696. The van der Waals surface area contributed by atoms with Crippen LogP contribution < -0.4 is 0 Å². The van der Waals surface area contributed by atoms with Crippen LogP contribution in [0.5, 0.6) is 0 Å². The summed E-state index contributed by atoms with van der Waals surface area (Å²) in [7, 11) is 0. The van der Waals surface area contributed by atoms with Gasteiger partial charge in [0.25, 0.3) is 5.78 Å². The Morgan fingerprint density at radius 3 is 3.08 bits per heavy atom. The molecular weight excluding hydrogens is 164 g/mol. The quantitative estimate of drug-likeness (QED) is 0.656. The lowest BCUT2D eigenvalue weighted by Gasteiger charge is -2.25. The minimum Gasteiger partial charge on any atom is -0.270 e. The van der Waals surface area contributed by atoms with Gasteiger partial charge in [-0.1, -0.05) is 6.42 Å². The molecule has 66 valence electrons. The van der Waals surface area contributed by atoms with Crippen molar-refractivity contribution in [3.63, 3.8) is 0 Å². The summed E-state index contributed by atoms with van der Waals surface area (Å²) in [5.74, 6) is 1.41. The van der Waals surface area contributed by atoms with Crippen molar-refractivity contribution in [1.29, 1.82) is 0 Å². The van der Waals surface area contributed by atoms with E-state index >= 15 is 0 Å². The summed E-state index contributed by atoms with van der Waals surface area (Å²) >= 11 is 0. The zero-order valence-electron chi connectivity index (χ0n) is 7.22. The SMILES string of the molecule is c1cc(C2CCC2)n2cnnc2n1. The van der Waals surface area contributed by atoms with Gasteiger partial charge in [0.15, 0.2) is 0 Å². The van der Waals surface area contributed by atoms with Crippen molar-refractivity contribution in [2.45, 2.75) is 25.2 Å². The molecule has 0 spiro atoms. The largest absolute Gasteiger partial charge is 0.270 e. The summed E-state index contributed by atoms with van der Waals surface area (Å²) < 4.78 is 1.99. The Morgan fingerprint density at radius 1 is 1.38 bits per heavy atom. The Labute approximate surface area is 75.6 Å². The van der Waals surface area contributed by atoms with Gasteiger partial charge in [0.1, 0.15) is 6.33 Å². The van der Waals surface area contributed by atoms with E-state index in [1.807, 2.05) is 10.6 Å². The van der Waals surface area contributed by atoms with Crippen LogP contribution in [-0.4, -0.2) is 19.6 Å². The highest BCUT2D eigenvalue weighted by atomic mass is 15.3. The molecule has 2 aromatic rings. The highest BCUT2D eigenvalue weighted by molar-refractivity contribution is 5.29. The maximum absolute atomic E-state index is 4.13.